The number of carbonyl (C=O) groups excluding carboxylic acids is 2. The first-order chi connectivity index (χ1) is 15.9. The molecule has 1 atom stereocenters. The van der Waals surface area contributed by atoms with Crippen molar-refractivity contribution in [3.8, 4) is 6.07 Å². The summed E-state index contributed by atoms with van der Waals surface area (Å²) in [5.74, 6) is 2.05. The van der Waals surface area contributed by atoms with Gasteiger partial charge in [0.25, 0.3) is 0 Å². The molecule has 5 aliphatic rings. The summed E-state index contributed by atoms with van der Waals surface area (Å²) < 4.78 is 0. The van der Waals surface area contributed by atoms with Crippen LogP contribution in [-0.2, 0) is 9.59 Å². The summed E-state index contributed by atoms with van der Waals surface area (Å²) in [6.07, 6.45) is 10.7. The molecule has 2 N–H and O–H groups in total. The summed E-state index contributed by atoms with van der Waals surface area (Å²) in [7, 11) is 0. The van der Waals surface area contributed by atoms with Crippen LogP contribution < -0.4 is 10.6 Å². The Morgan fingerprint density at radius 3 is 2.45 bits per heavy atom. The summed E-state index contributed by atoms with van der Waals surface area (Å²) in [5, 5.41) is 17.3. The van der Waals surface area contributed by atoms with Gasteiger partial charge in [0, 0.05) is 29.2 Å². The quantitative estimate of drug-likeness (QED) is 0.658. The number of Topliss-reactive ketones (excluding diaryl/α,β-unsaturated/α-hetero) is 1. The lowest BCUT2D eigenvalue weighted by molar-refractivity contribution is -0.124. The van der Waals surface area contributed by atoms with Gasteiger partial charge in [0.1, 0.15) is 0 Å². The van der Waals surface area contributed by atoms with Crippen LogP contribution in [0.1, 0.15) is 63.9 Å². The molecule has 4 bridgehead atoms. The van der Waals surface area contributed by atoms with Gasteiger partial charge in [-0.15, -0.1) is 0 Å². The van der Waals surface area contributed by atoms with Crippen molar-refractivity contribution in [3.05, 3.63) is 52.0 Å². The van der Waals surface area contributed by atoms with Crippen LogP contribution in [0.5, 0.6) is 0 Å². The number of carbonyl (C=O) groups is 2. The molecule has 4 aliphatic carbocycles. The summed E-state index contributed by atoms with van der Waals surface area (Å²) in [5.41, 5.74) is 2.54. The van der Waals surface area contributed by atoms with Gasteiger partial charge in [-0.2, -0.15) is 5.26 Å². The second-order valence-electron chi connectivity index (χ2n) is 10.3. The predicted octanol–water partition coefficient (Wildman–Crippen LogP) is 4.18. The molecule has 0 unspecified atom stereocenters. The van der Waals surface area contributed by atoms with Gasteiger partial charge in [-0.25, -0.2) is 0 Å². The van der Waals surface area contributed by atoms with E-state index in [1.54, 1.807) is 12.4 Å². The number of dihydropyridines is 1. The number of hydrogen-bond acceptors (Lipinski definition) is 6. The zero-order valence-corrected chi connectivity index (χ0v) is 20.0. The lowest BCUT2D eigenvalue weighted by atomic mass is 9.53. The molecule has 172 valence electrons. The van der Waals surface area contributed by atoms with E-state index in [-0.39, 0.29) is 23.0 Å². The fourth-order valence-corrected chi connectivity index (χ4v) is 8.00. The number of allylic oxidation sites excluding steroid dienone is 3. The van der Waals surface area contributed by atoms with E-state index in [9.17, 15) is 14.9 Å². The molecule has 7 heteroatoms. The molecule has 1 amide bonds. The van der Waals surface area contributed by atoms with E-state index in [0.717, 1.165) is 48.3 Å². The number of hydrogen-bond donors (Lipinski definition) is 2. The monoisotopic (exact) mass is 462 g/mol. The average Bonchev–Trinajstić information content (AvgIpc) is 2.76. The average molecular weight is 463 g/mol. The van der Waals surface area contributed by atoms with E-state index < -0.39 is 5.92 Å². The van der Waals surface area contributed by atoms with Crippen molar-refractivity contribution in [1.29, 1.82) is 5.26 Å². The minimum Gasteiger partial charge on any atom is -0.353 e. The first-order valence-electron chi connectivity index (χ1n) is 11.8. The number of thioether (sulfide) groups is 1. The van der Waals surface area contributed by atoms with E-state index in [1.807, 2.05) is 19.1 Å². The van der Waals surface area contributed by atoms with Gasteiger partial charge in [-0.05, 0) is 81.8 Å². The molecular weight excluding hydrogens is 432 g/mol. The second kappa shape index (κ2) is 8.64. The van der Waals surface area contributed by atoms with E-state index in [4.69, 9.17) is 0 Å². The SMILES string of the molecule is CC(=O)C1=C(C)NC(SCC(=O)NC23CC4CC(CC(C4)C2)C3)=C(C#N)[C@H]1c1cccnc1. The number of rotatable bonds is 6. The first kappa shape index (κ1) is 22.2. The Kier molecular flexibility index (Phi) is 5.82. The van der Waals surface area contributed by atoms with Gasteiger partial charge in [0.2, 0.25) is 5.91 Å². The zero-order valence-electron chi connectivity index (χ0n) is 19.2. The normalized spacial score (nSPS) is 32.4. The van der Waals surface area contributed by atoms with Crippen LogP contribution in [0.4, 0.5) is 0 Å². The fourth-order valence-electron chi connectivity index (χ4n) is 7.11. The van der Waals surface area contributed by atoms with Gasteiger partial charge in [0.15, 0.2) is 5.78 Å². The van der Waals surface area contributed by atoms with Crippen molar-refractivity contribution in [2.75, 3.05) is 5.75 Å². The third-order valence-electron chi connectivity index (χ3n) is 7.83. The lowest BCUT2D eigenvalue weighted by Gasteiger charge is -2.56. The molecule has 4 saturated carbocycles. The molecule has 6 rings (SSSR count). The largest absolute Gasteiger partial charge is 0.353 e. The van der Waals surface area contributed by atoms with Gasteiger partial charge < -0.3 is 10.6 Å². The Balaban J connectivity index is 1.34. The highest BCUT2D eigenvalue weighted by Crippen LogP contribution is 2.55. The molecule has 0 saturated heterocycles. The number of amides is 1. The lowest BCUT2D eigenvalue weighted by Crippen LogP contribution is -2.60. The van der Waals surface area contributed by atoms with Crippen LogP contribution >= 0.6 is 11.8 Å². The maximum Gasteiger partial charge on any atom is 0.230 e. The molecule has 0 aromatic carbocycles. The first-order valence-corrected chi connectivity index (χ1v) is 12.8. The molecule has 33 heavy (non-hydrogen) atoms. The highest BCUT2D eigenvalue weighted by Gasteiger charge is 2.51. The zero-order chi connectivity index (χ0) is 23.2. The minimum absolute atomic E-state index is 0.0192. The van der Waals surface area contributed by atoms with Gasteiger partial charge in [-0.1, -0.05) is 17.8 Å². The van der Waals surface area contributed by atoms with Crippen molar-refractivity contribution in [2.45, 2.75) is 63.8 Å². The van der Waals surface area contributed by atoms with E-state index >= 15 is 0 Å². The van der Waals surface area contributed by atoms with Crippen molar-refractivity contribution in [3.63, 3.8) is 0 Å². The standard InChI is InChI=1S/C26H30N4O2S/c1-15-23(16(2)31)24(20-4-3-5-28-13-20)21(12-27)25(29-15)33-14-22(32)30-26-9-17-6-18(10-26)8-19(7-17)11-26/h3-5,13,17-19,24,29H,6-11,14H2,1-2H3,(H,30,32)/t17?,18?,19?,24-,26?/m1/s1. The molecule has 6 nitrogen and oxygen atoms in total. The number of nitriles is 1. The topological polar surface area (TPSA) is 94.9 Å². The Hall–Kier alpha value is -2.59. The van der Waals surface area contributed by atoms with Crippen LogP contribution in [0.3, 0.4) is 0 Å². The fraction of sp³-hybridized carbons (Fsp3) is 0.538. The van der Waals surface area contributed by atoms with Crippen molar-refractivity contribution in [2.24, 2.45) is 17.8 Å². The van der Waals surface area contributed by atoms with Gasteiger partial charge >= 0.3 is 0 Å². The van der Waals surface area contributed by atoms with E-state index in [1.165, 1.54) is 37.9 Å². The smallest absolute Gasteiger partial charge is 0.230 e. The Labute approximate surface area is 199 Å². The Bertz CT molecular complexity index is 1050. The van der Waals surface area contributed by atoms with Crippen LogP contribution in [0.15, 0.2) is 46.4 Å². The molecule has 1 aliphatic heterocycles. The second-order valence-corrected chi connectivity index (χ2v) is 11.3. The molecule has 0 radical (unpaired) electrons. The molecule has 0 spiro atoms. The van der Waals surface area contributed by atoms with Crippen molar-refractivity contribution in [1.82, 2.24) is 15.6 Å². The molecule has 4 fully saturated rings. The molecule has 2 heterocycles. The predicted molar refractivity (Wildman–Crippen MR) is 128 cm³/mol. The number of nitrogens with zero attached hydrogens (tertiary/aromatic N) is 2. The third kappa shape index (κ3) is 4.21. The van der Waals surface area contributed by atoms with Crippen LogP contribution in [0, 0.1) is 29.1 Å². The summed E-state index contributed by atoms with van der Waals surface area (Å²) >= 11 is 1.35. The van der Waals surface area contributed by atoms with Crippen molar-refractivity contribution < 1.29 is 9.59 Å². The molecule has 1 aromatic heterocycles. The Morgan fingerprint density at radius 2 is 1.91 bits per heavy atom. The Morgan fingerprint density at radius 1 is 1.24 bits per heavy atom. The van der Waals surface area contributed by atoms with Crippen LogP contribution in [-0.4, -0.2) is 28.0 Å². The number of pyridine rings is 1. The van der Waals surface area contributed by atoms with Crippen LogP contribution in [0.2, 0.25) is 0 Å². The highest BCUT2D eigenvalue weighted by atomic mass is 32.2. The van der Waals surface area contributed by atoms with Crippen molar-refractivity contribution >= 4 is 23.5 Å². The van der Waals surface area contributed by atoms with Gasteiger partial charge in [-0.3, -0.25) is 14.6 Å². The maximum absolute atomic E-state index is 13.0. The third-order valence-corrected chi connectivity index (χ3v) is 8.85. The summed E-state index contributed by atoms with van der Waals surface area (Å²) in [4.78, 5) is 29.7. The minimum atomic E-state index is -0.476. The van der Waals surface area contributed by atoms with E-state index in [2.05, 4.69) is 21.7 Å². The number of nitrogens with one attached hydrogen (secondary N) is 2. The molecular formula is C26H30N4O2S. The number of ketones is 1. The highest BCUT2D eigenvalue weighted by molar-refractivity contribution is 8.03. The molecule has 1 aromatic rings. The maximum atomic E-state index is 13.0. The summed E-state index contributed by atoms with van der Waals surface area (Å²) in [6, 6.07) is 6.01. The van der Waals surface area contributed by atoms with E-state index in [0.29, 0.717) is 16.2 Å². The van der Waals surface area contributed by atoms with Gasteiger partial charge in [0.05, 0.1) is 28.3 Å². The van der Waals surface area contributed by atoms with Crippen LogP contribution in [0.25, 0.3) is 0 Å². The number of aromatic nitrogens is 1. The summed E-state index contributed by atoms with van der Waals surface area (Å²) in [6.45, 7) is 3.38.